The van der Waals surface area contributed by atoms with Crippen molar-refractivity contribution in [2.24, 2.45) is 0 Å². The molecule has 0 amide bonds. The Morgan fingerprint density at radius 3 is 2.70 bits per heavy atom. The van der Waals surface area contributed by atoms with Crippen molar-refractivity contribution in [2.75, 3.05) is 25.4 Å². The van der Waals surface area contributed by atoms with Crippen molar-refractivity contribution in [3.05, 3.63) is 0 Å². The zero-order chi connectivity index (χ0) is 6.53. The van der Waals surface area contributed by atoms with E-state index in [-0.39, 0.29) is 12.4 Å². The van der Waals surface area contributed by atoms with Crippen LogP contribution in [-0.2, 0) is 0 Å². The van der Waals surface area contributed by atoms with Crippen LogP contribution >= 0.6 is 24.4 Å². The van der Waals surface area contributed by atoms with Gasteiger partial charge in [0.05, 0.1) is 6.61 Å². The zero-order valence-electron chi connectivity index (χ0n) is 5.95. The van der Waals surface area contributed by atoms with Gasteiger partial charge in [0, 0.05) is 18.8 Å². The lowest BCUT2D eigenvalue weighted by Crippen LogP contribution is -2.24. The summed E-state index contributed by atoms with van der Waals surface area (Å²) < 4.78 is 2.24. The average molecular weight is 184 g/mol. The minimum atomic E-state index is 0. The van der Waals surface area contributed by atoms with Crippen LogP contribution < -0.4 is 0 Å². The molecule has 0 bridgehead atoms. The van der Waals surface area contributed by atoms with Crippen molar-refractivity contribution in [1.82, 2.24) is 4.31 Å². The molecule has 1 aliphatic rings. The summed E-state index contributed by atoms with van der Waals surface area (Å²) in [6.07, 6.45) is 2.64. The molecule has 1 heterocycles. The van der Waals surface area contributed by atoms with E-state index in [1.807, 2.05) is 11.9 Å². The molecule has 0 unspecified atom stereocenters. The number of halogens is 1. The normalized spacial score (nSPS) is 20.1. The van der Waals surface area contributed by atoms with Crippen LogP contribution in [0.15, 0.2) is 0 Å². The van der Waals surface area contributed by atoms with Gasteiger partial charge in [-0.1, -0.05) is 11.9 Å². The van der Waals surface area contributed by atoms with Crippen LogP contribution in [0.4, 0.5) is 0 Å². The van der Waals surface area contributed by atoms with Gasteiger partial charge in [-0.3, -0.25) is 0 Å². The highest BCUT2D eigenvalue weighted by molar-refractivity contribution is 7.97. The molecular weight excluding hydrogens is 170 g/mol. The molecule has 0 atom stereocenters. The average Bonchev–Trinajstić information content (AvgIpc) is 1.91. The van der Waals surface area contributed by atoms with Gasteiger partial charge in [0.2, 0.25) is 0 Å². The molecule has 0 aromatic rings. The van der Waals surface area contributed by atoms with E-state index < -0.39 is 0 Å². The first-order chi connectivity index (χ1) is 4.43. The Balaban J connectivity index is 0.000000810. The van der Waals surface area contributed by atoms with E-state index in [1.54, 1.807) is 0 Å². The summed E-state index contributed by atoms with van der Waals surface area (Å²) in [6.45, 7) is 2.29. The molecule has 0 saturated carbocycles. The van der Waals surface area contributed by atoms with E-state index >= 15 is 0 Å². The van der Waals surface area contributed by atoms with Crippen LogP contribution in [0.2, 0.25) is 0 Å². The van der Waals surface area contributed by atoms with Gasteiger partial charge >= 0.3 is 0 Å². The third kappa shape index (κ3) is 3.66. The number of hydrogen-bond donors (Lipinski definition) is 1. The minimum Gasteiger partial charge on any atom is -0.395 e. The van der Waals surface area contributed by atoms with Gasteiger partial charge in [-0.15, -0.1) is 12.4 Å². The maximum absolute atomic E-state index is 8.56. The largest absolute Gasteiger partial charge is 0.395 e. The van der Waals surface area contributed by atoms with Gasteiger partial charge in [0.1, 0.15) is 0 Å². The lowest BCUT2D eigenvalue weighted by Gasteiger charge is -2.23. The van der Waals surface area contributed by atoms with Gasteiger partial charge in [0.25, 0.3) is 0 Å². The van der Waals surface area contributed by atoms with Crippen molar-refractivity contribution in [2.45, 2.75) is 12.8 Å². The SMILES string of the molecule is Cl.OCCN1CCCCS1. The predicted octanol–water partition coefficient (Wildman–Crippen LogP) is 1.14. The Kier molecular flexibility index (Phi) is 6.63. The summed E-state index contributed by atoms with van der Waals surface area (Å²) in [5.41, 5.74) is 0. The van der Waals surface area contributed by atoms with E-state index in [0.717, 1.165) is 13.1 Å². The first-order valence-electron chi connectivity index (χ1n) is 3.42. The highest BCUT2D eigenvalue weighted by Gasteiger charge is 2.08. The molecule has 4 heteroatoms. The molecule has 2 nitrogen and oxygen atoms in total. The van der Waals surface area contributed by atoms with Crippen molar-refractivity contribution >= 4 is 24.4 Å². The fourth-order valence-corrected chi connectivity index (χ4v) is 2.00. The predicted molar refractivity (Wildman–Crippen MR) is 47.6 cm³/mol. The van der Waals surface area contributed by atoms with Crippen LogP contribution in [0.5, 0.6) is 0 Å². The molecule has 1 aliphatic heterocycles. The Labute approximate surface area is 72.5 Å². The Hall–Kier alpha value is 0.560. The first-order valence-corrected chi connectivity index (χ1v) is 4.36. The van der Waals surface area contributed by atoms with Crippen molar-refractivity contribution in [1.29, 1.82) is 0 Å². The summed E-state index contributed by atoms with van der Waals surface area (Å²) in [4.78, 5) is 0. The third-order valence-electron chi connectivity index (χ3n) is 1.43. The smallest absolute Gasteiger partial charge is 0.0567 e. The fourth-order valence-electron chi connectivity index (χ4n) is 0.936. The fraction of sp³-hybridized carbons (Fsp3) is 1.00. The zero-order valence-corrected chi connectivity index (χ0v) is 7.59. The van der Waals surface area contributed by atoms with E-state index in [2.05, 4.69) is 4.31 Å². The molecule has 62 valence electrons. The Bertz CT molecular complexity index is 75.4. The second-order valence-electron chi connectivity index (χ2n) is 2.19. The molecule has 0 spiro atoms. The van der Waals surface area contributed by atoms with Crippen molar-refractivity contribution in [3.63, 3.8) is 0 Å². The maximum Gasteiger partial charge on any atom is 0.0567 e. The van der Waals surface area contributed by atoms with Crippen LogP contribution in [0.1, 0.15) is 12.8 Å². The highest BCUT2D eigenvalue weighted by atomic mass is 35.5. The van der Waals surface area contributed by atoms with Crippen LogP contribution in [0.3, 0.4) is 0 Å². The van der Waals surface area contributed by atoms with E-state index in [1.165, 1.54) is 18.6 Å². The molecule has 1 rings (SSSR count). The molecule has 0 aliphatic carbocycles. The van der Waals surface area contributed by atoms with Gasteiger partial charge in [-0.05, 0) is 12.8 Å². The number of hydrogen-bond acceptors (Lipinski definition) is 3. The third-order valence-corrected chi connectivity index (χ3v) is 2.63. The summed E-state index contributed by atoms with van der Waals surface area (Å²) in [7, 11) is 0. The Morgan fingerprint density at radius 2 is 2.20 bits per heavy atom. The molecule has 0 aromatic heterocycles. The molecule has 10 heavy (non-hydrogen) atoms. The Morgan fingerprint density at radius 1 is 1.40 bits per heavy atom. The van der Waals surface area contributed by atoms with Gasteiger partial charge in [0.15, 0.2) is 0 Å². The lowest BCUT2D eigenvalue weighted by atomic mass is 10.3. The van der Waals surface area contributed by atoms with E-state index in [9.17, 15) is 0 Å². The monoisotopic (exact) mass is 183 g/mol. The van der Waals surface area contributed by atoms with E-state index in [0.29, 0.717) is 6.61 Å². The van der Waals surface area contributed by atoms with Crippen LogP contribution in [0.25, 0.3) is 0 Å². The topological polar surface area (TPSA) is 23.5 Å². The highest BCUT2D eigenvalue weighted by Crippen LogP contribution is 2.17. The summed E-state index contributed by atoms with van der Waals surface area (Å²) in [6, 6.07) is 0. The summed E-state index contributed by atoms with van der Waals surface area (Å²) in [5.74, 6) is 1.24. The standard InChI is InChI=1S/C6H13NOS.ClH/c8-5-4-7-3-1-2-6-9-7;/h8H,1-6H2;1H. The first kappa shape index (κ1) is 10.6. The second-order valence-corrected chi connectivity index (χ2v) is 3.38. The van der Waals surface area contributed by atoms with Crippen LogP contribution in [-0.4, -0.2) is 34.9 Å². The molecule has 1 fully saturated rings. The summed E-state index contributed by atoms with van der Waals surface area (Å²) >= 11 is 1.86. The molecule has 1 N–H and O–H groups in total. The van der Waals surface area contributed by atoms with E-state index in [4.69, 9.17) is 5.11 Å². The minimum absolute atomic E-state index is 0. The molecular formula is C6H14ClNOS. The molecule has 1 saturated heterocycles. The number of aliphatic hydroxyl groups is 1. The second kappa shape index (κ2) is 6.28. The van der Waals surface area contributed by atoms with Crippen LogP contribution in [0, 0.1) is 0 Å². The maximum atomic E-state index is 8.56. The number of rotatable bonds is 2. The summed E-state index contributed by atoms with van der Waals surface area (Å²) in [5, 5.41) is 8.56. The van der Waals surface area contributed by atoms with Gasteiger partial charge in [-0.25, -0.2) is 4.31 Å². The van der Waals surface area contributed by atoms with Gasteiger partial charge < -0.3 is 5.11 Å². The molecule has 0 radical (unpaired) electrons. The number of β-amino-alcohol motifs (C(OH)–C–C–N with tert-alkyl or cyclic N) is 1. The quantitative estimate of drug-likeness (QED) is 0.650. The lowest BCUT2D eigenvalue weighted by molar-refractivity contribution is 0.258. The van der Waals surface area contributed by atoms with Crippen molar-refractivity contribution in [3.8, 4) is 0 Å². The molecule has 0 aromatic carbocycles. The number of aliphatic hydroxyl groups excluding tert-OH is 1. The van der Waals surface area contributed by atoms with Crippen molar-refractivity contribution < 1.29 is 5.11 Å². The van der Waals surface area contributed by atoms with Gasteiger partial charge in [-0.2, -0.15) is 0 Å². The number of nitrogens with zero attached hydrogens (tertiary/aromatic N) is 1.